The zero-order chi connectivity index (χ0) is 34.6. The lowest BCUT2D eigenvalue weighted by Crippen LogP contribution is -2.51. The summed E-state index contributed by atoms with van der Waals surface area (Å²) in [4.78, 5) is 33.7. The van der Waals surface area contributed by atoms with Crippen LogP contribution in [-0.4, -0.2) is 48.3 Å². The van der Waals surface area contributed by atoms with Crippen LogP contribution in [0.25, 0.3) is 0 Å². The smallest absolute Gasteiger partial charge is 0.210 e. The highest BCUT2D eigenvalue weighted by atomic mass is 16.5. The van der Waals surface area contributed by atoms with Gasteiger partial charge in [0.1, 0.15) is 18.0 Å². The number of ether oxygens (including phenoxy) is 2. The number of nitrogens with zero attached hydrogens (tertiary/aromatic N) is 2. The van der Waals surface area contributed by atoms with Crippen molar-refractivity contribution in [2.24, 2.45) is 16.8 Å². The minimum absolute atomic E-state index is 0.0367. The van der Waals surface area contributed by atoms with E-state index in [1.165, 1.54) is 44.1 Å². The molecule has 0 amide bonds. The number of rotatable bonds is 17. The number of ketones is 2. The van der Waals surface area contributed by atoms with Crippen molar-refractivity contribution in [1.82, 2.24) is 0 Å². The van der Waals surface area contributed by atoms with Gasteiger partial charge in [0.25, 0.3) is 0 Å². The Labute approximate surface area is 288 Å². The second kappa shape index (κ2) is 14.9. The zero-order valence-corrected chi connectivity index (χ0v) is 30.7. The Morgan fingerprint density at radius 1 is 0.771 bits per heavy atom. The Morgan fingerprint density at radius 2 is 1.35 bits per heavy atom. The van der Waals surface area contributed by atoms with Gasteiger partial charge >= 0.3 is 0 Å². The lowest BCUT2D eigenvalue weighted by Gasteiger charge is -2.37. The molecular formula is C42H57N2O4+. The summed E-state index contributed by atoms with van der Waals surface area (Å²) in [6, 6.07) is 12.2. The van der Waals surface area contributed by atoms with Gasteiger partial charge in [0.05, 0.1) is 36.8 Å². The number of carbonyl (C=O) groups is 2. The van der Waals surface area contributed by atoms with Crippen LogP contribution in [-0.2, 0) is 20.4 Å². The van der Waals surface area contributed by atoms with Gasteiger partial charge in [-0.2, -0.15) is 4.58 Å². The van der Waals surface area contributed by atoms with Gasteiger partial charge in [0, 0.05) is 41.2 Å². The van der Waals surface area contributed by atoms with Crippen LogP contribution in [0.5, 0.6) is 11.5 Å². The molecule has 1 unspecified atom stereocenters. The fourth-order valence-corrected chi connectivity index (χ4v) is 8.12. The molecule has 2 aliphatic heterocycles. The van der Waals surface area contributed by atoms with E-state index in [2.05, 4.69) is 64.3 Å². The van der Waals surface area contributed by atoms with E-state index in [1.807, 2.05) is 24.3 Å². The van der Waals surface area contributed by atoms with Crippen molar-refractivity contribution >= 4 is 34.4 Å². The van der Waals surface area contributed by atoms with Crippen molar-refractivity contribution in [3.05, 3.63) is 59.2 Å². The SMILES string of the molecule is CCCCCCCC(C1=Nc2ccc(OC)cc2C1(C)C)C1C(=O)C(=CC2=[N+](CCCCCCC)c3ccc(OC)cc3C2(C)C)C1=O. The van der Waals surface area contributed by atoms with Crippen molar-refractivity contribution in [3.63, 3.8) is 0 Å². The largest absolute Gasteiger partial charge is 0.497 e. The molecule has 0 aromatic heterocycles. The number of allylic oxidation sites excluding steroid dienone is 2. The summed E-state index contributed by atoms with van der Waals surface area (Å²) in [7, 11) is 3.37. The Kier molecular flexibility index (Phi) is 11.1. The Hall–Kier alpha value is -3.54. The summed E-state index contributed by atoms with van der Waals surface area (Å²) in [5.74, 6) is 0.618. The Balaban J connectivity index is 1.48. The lowest BCUT2D eigenvalue weighted by atomic mass is 9.62. The van der Waals surface area contributed by atoms with Gasteiger partial charge < -0.3 is 9.47 Å². The maximum Gasteiger partial charge on any atom is 0.210 e. The number of methoxy groups -OCH3 is 2. The number of unbranched alkanes of at least 4 members (excludes halogenated alkanes) is 8. The summed E-state index contributed by atoms with van der Waals surface area (Å²) >= 11 is 0. The van der Waals surface area contributed by atoms with Gasteiger partial charge in [0.15, 0.2) is 17.3 Å². The quantitative estimate of drug-likeness (QED) is 0.0560. The first kappa shape index (κ1) is 35.8. The molecule has 0 radical (unpaired) electrons. The summed E-state index contributed by atoms with van der Waals surface area (Å²) in [5.41, 5.74) is 5.82. The average Bonchev–Trinajstić information content (AvgIpc) is 3.46. The van der Waals surface area contributed by atoms with E-state index in [1.54, 1.807) is 14.2 Å². The first-order valence-electron chi connectivity index (χ1n) is 18.4. The van der Waals surface area contributed by atoms with Crippen LogP contribution in [0, 0.1) is 11.8 Å². The van der Waals surface area contributed by atoms with Crippen molar-refractivity contribution in [3.8, 4) is 11.5 Å². The number of fused-ring (bicyclic) bond motifs is 2. The molecule has 0 bridgehead atoms. The molecule has 6 nitrogen and oxygen atoms in total. The monoisotopic (exact) mass is 653 g/mol. The normalized spacial score (nSPS) is 19.5. The van der Waals surface area contributed by atoms with Crippen molar-refractivity contribution in [1.29, 1.82) is 0 Å². The standard InChI is InChI=1S/C42H57N2O4/c1-9-11-13-15-17-19-30(40-42(5,6)32-25-28(47-7)20-22-34(32)43-40)37-38(45)31(39(37)46)27-36-41(3,4)33-26-29(48-8)21-23-35(33)44(36)24-18-16-14-12-10-2/h20-23,25-27,30,37H,9-19,24H2,1-8H3/q+1. The highest BCUT2D eigenvalue weighted by molar-refractivity contribution is 6.41. The fraction of sp³-hybridized carbons (Fsp3) is 0.571. The molecule has 0 spiro atoms. The van der Waals surface area contributed by atoms with Crippen LogP contribution in [0.3, 0.4) is 0 Å². The van der Waals surface area contributed by atoms with Crippen LogP contribution >= 0.6 is 0 Å². The van der Waals surface area contributed by atoms with Crippen molar-refractivity contribution in [2.75, 3.05) is 20.8 Å². The van der Waals surface area contributed by atoms with Crippen molar-refractivity contribution in [2.45, 2.75) is 123 Å². The third kappa shape index (κ3) is 6.69. The number of Topliss-reactive ketones (excluding diaryl/α,β-unsaturated/α-hetero) is 2. The minimum Gasteiger partial charge on any atom is -0.497 e. The number of carbonyl (C=O) groups excluding carboxylic acids is 2. The summed E-state index contributed by atoms with van der Waals surface area (Å²) in [6.07, 6.45) is 14.2. The molecule has 0 N–H and O–H groups in total. The fourth-order valence-electron chi connectivity index (χ4n) is 8.12. The third-order valence-electron chi connectivity index (χ3n) is 11.1. The minimum atomic E-state index is -0.688. The van der Waals surface area contributed by atoms with Crippen molar-refractivity contribution < 1.29 is 23.6 Å². The molecule has 0 saturated heterocycles. The molecular weight excluding hydrogens is 596 g/mol. The molecule has 48 heavy (non-hydrogen) atoms. The van der Waals surface area contributed by atoms with Crippen LogP contribution < -0.4 is 9.47 Å². The molecule has 6 heteroatoms. The van der Waals surface area contributed by atoms with Gasteiger partial charge in [-0.3, -0.25) is 14.6 Å². The maximum absolute atomic E-state index is 14.3. The van der Waals surface area contributed by atoms with Crippen LogP contribution in [0.4, 0.5) is 11.4 Å². The van der Waals surface area contributed by atoms with Gasteiger partial charge in [-0.05, 0) is 62.6 Å². The number of aliphatic imine (C=N–C) groups is 1. The van der Waals surface area contributed by atoms with E-state index >= 15 is 0 Å². The van der Waals surface area contributed by atoms with Gasteiger partial charge in [-0.1, -0.05) is 79.1 Å². The Bertz CT molecular complexity index is 1610. The molecule has 2 aromatic rings. The van der Waals surface area contributed by atoms with E-state index in [0.29, 0.717) is 5.57 Å². The van der Waals surface area contributed by atoms with Gasteiger partial charge in [-0.15, -0.1) is 0 Å². The van der Waals surface area contributed by atoms with E-state index in [-0.39, 0.29) is 22.9 Å². The molecule has 1 saturated carbocycles. The first-order chi connectivity index (χ1) is 23.0. The molecule has 1 fully saturated rings. The van der Waals surface area contributed by atoms with E-state index in [0.717, 1.165) is 78.5 Å². The summed E-state index contributed by atoms with van der Waals surface area (Å²) < 4.78 is 13.5. The van der Waals surface area contributed by atoms with Gasteiger partial charge in [-0.25, -0.2) is 0 Å². The summed E-state index contributed by atoms with van der Waals surface area (Å²) in [6.45, 7) is 14.0. The Morgan fingerprint density at radius 3 is 1.98 bits per heavy atom. The maximum atomic E-state index is 14.3. The predicted octanol–water partition coefficient (Wildman–Crippen LogP) is 9.79. The van der Waals surface area contributed by atoms with E-state index < -0.39 is 11.3 Å². The van der Waals surface area contributed by atoms with Crippen LogP contribution in [0.2, 0.25) is 0 Å². The number of hydrogen-bond donors (Lipinski definition) is 0. The number of benzene rings is 2. The van der Waals surface area contributed by atoms with Crippen LogP contribution in [0.1, 0.15) is 123 Å². The first-order valence-corrected chi connectivity index (χ1v) is 18.4. The lowest BCUT2D eigenvalue weighted by molar-refractivity contribution is -0.438. The van der Waals surface area contributed by atoms with E-state index in [4.69, 9.17) is 14.5 Å². The molecule has 2 aromatic carbocycles. The van der Waals surface area contributed by atoms with Crippen LogP contribution in [0.15, 0.2) is 53.0 Å². The van der Waals surface area contributed by atoms with Gasteiger partial charge in [0.2, 0.25) is 5.69 Å². The molecule has 3 aliphatic rings. The summed E-state index contributed by atoms with van der Waals surface area (Å²) in [5, 5.41) is 0. The molecule has 1 aliphatic carbocycles. The average molecular weight is 654 g/mol. The molecule has 5 rings (SSSR count). The molecule has 258 valence electrons. The highest BCUT2D eigenvalue weighted by Gasteiger charge is 2.54. The molecule has 1 atom stereocenters. The third-order valence-corrected chi connectivity index (χ3v) is 11.1. The predicted molar refractivity (Wildman–Crippen MR) is 196 cm³/mol. The molecule has 2 heterocycles. The van der Waals surface area contributed by atoms with E-state index in [9.17, 15) is 9.59 Å². The highest BCUT2D eigenvalue weighted by Crippen LogP contribution is 2.49. The second-order valence-corrected chi connectivity index (χ2v) is 15.0. The topological polar surface area (TPSA) is 68.0 Å². The zero-order valence-electron chi connectivity index (χ0n) is 30.7. The second-order valence-electron chi connectivity index (χ2n) is 15.0. The number of hydrogen-bond acceptors (Lipinski definition) is 5.